The smallest absolute Gasteiger partial charge is 0.239 e. The molecule has 0 N–H and O–H groups in total. The zero-order valence-corrected chi connectivity index (χ0v) is 7.58. The summed E-state index contributed by atoms with van der Waals surface area (Å²) < 4.78 is 0. The number of nitriles is 1. The molecule has 1 rings (SSSR count). The van der Waals surface area contributed by atoms with E-state index in [2.05, 4.69) is 0 Å². The number of amides is 1. The lowest BCUT2D eigenvalue weighted by Gasteiger charge is -2.21. The first kappa shape index (κ1) is 9.05. The lowest BCUT2D eigenvalue weighted by Crippen LogP contribution is -2.36. The molecule has 12 heavy (non-hydrogen) atoms. The molecule has 1 aliphatic rings. The van der Waals surface area contributed by atoms with Crippen LogP contribution < -0.4 is 0 Å². The summed E-state index contributed by atoms with van der Waals surface area (Å²) in [5.74, 6) is -0.493. The van der Waals surface area contributed by atoms with E-state index in [9.17, 15) is 4.79 Å². The van der Waals surface area contributed by atoms with E-state index >= 15 is 0 Å². The molecule has 0 bridgehead atoms. The first-order chi connectivity index (χ1) is 5.70. The first-order valence-corrected chi connectivity index (χ1v) is 4.40. The van der Waals surface area contributed by atoms with Crippen LogP contribution in [-0.2, 0) is 4.79 Å². The van der Waals surface area contributed by atoms with Gasteiger partial charge in [0.2, 0.25) is 5.91 Å². The van der Waals surface area contributed by atoms with E-state index in [0.29, 0.717) is 6.04 Å². The van der Waals surface area contributed by atoms with Crippen molar-refractivity contribution in [3.8, 4) is 6.07 Å². The fourth-order valence-electron chi connectivity index (χ4n) is 1.28. The van der Waals surface area contributed by atoms with Crippen LogP contribution in [0.4, 0.5) is 0 Å². The fourth-order valence-corrected chi connectivity index (χ4v) is 1.28. The average Bonchev–Trinajstić information content (AvgIpc) is 2.88. The van der Waals surface area contributed by atoms with Crippen LogP contribution in [-0.4, -0.2) is 23.4 Å². The molecule has 0 saturated heterocycles. The topological polar surface area (TPSA) is 44.1 Å². The summed E-state index contributed by atoms with van der Waals surface area (Å²) >= 11 is 0. The van der Waals surface area contributed by atoms with Gasteiger partial charge in [0.15, 0.2) is 0 Å². The summed E-state index contributed by atoms with van der Waals surface area (Å²) in [5.41, 5.74) is 0. The second kappa shape index (κ2) is 3.57. The summed E-state index contributed by atoms with van der Waals surface area (Å²) in [6.45, 7) is 4.35. The lowest BCUT2D eigenvalue weighted by atomic mass is 10.2. The summed E-state index contributed by atoms with van der Waals surface area (Å²) in [6.07, 6.45) is 2.22. The molecule has 0 aromatic carbocycles. The molecule has 0 aromatic heterocycles. The number of carbonyl (C=O) groups excluding carboxylic acids is 1. The van der Waals surface area contributed by atoms with Crippen LogP contribution in [0.1, 0.15) is 26.7 Å². The minimum atomic E-state index is -0.481. The highest BCUT2D eigenvalue weighted by Gasteiger charge is 2.33. The Bertz CT molecular complexity index is 215. The van der Waals surface area contributed by atoms with Crippen LogP contribution in [0.5, 0.6) is 0 Å². The number of nitrogens with zero attached hydrogens (tertiary/aromatic N) is 2. The zero-order valence-electron chi connectivity index (χ0n) is 7.58. The van der Waals surface area contributed by atoms with Crippen molar-refractivity contribution < 1.29 is 4.79 Å². The maximum atomic E-state index is 11.5. The van der Waals surface area contributed by atoms with Gasteiger partial charge < -0.3 is 4.90 Å². The fraction of sp³-hybridized carbons (Fsp3) is 0.778. The van der Waals surface area contributed by atoms with Gasteiger partial charge in [-0.3, -0.25) is 4.79 Å². The van der Waals surface area contributed by atoms with E-state index in [-0.39, 0.29) is 5.91 Å². The first-order valence-electron chi connectivity index (χ1n) is 4.40. The van der Waals surface area contributed by atoms with Gasteiger partial charge in [-0.05, 0) is 26.7 Å². The van der Waals surface area contributed by atoms with Crippen molar-refractivity contribution in [2.24, 2.45) is 5.92 Å². The third kappa shape index (κ3) is 1.76. The van der Waals surface area contributed by atoms with Gasteiger partial charge >= 0.3 is 0 Å². The van der Waals surface area contributed by atoms with Gasteiger partial charge in [-0.25, -0.2) is 0 Å². The Kier molecular flexibility index (Phi) is 2.69. The standard InChI is InChI=1S/C9H14N2O/c1-3-11(8-4-5-8)9(12)7(2)6-10/h7-8H,3-5H2,1-2H3. The minimum Gasteiger partial charge on any atom is -0.339 e. The van der Waals surface area contributed by atoms with Crippen LogP contribution >= 0.6 is 0 Å². The van der Waals surface area contributed by atoms with E-state index in [1.54, 1.807) is 6.92 Å². The Morgan fingerprint density at radius 3 is 2.67 bits per heavy atom. The Morgan fingerprint density at radius 1 is 1.75 bits per heavy atom. The highest BCUT2D eigenvalue weighted by molar-refractivity contribution is 5.81. The molecule has 0 aromatic rings. The van der Waals surface area contributed by atoms with Crippen molar-refractivity contribution in [3.05, 3.63) is 0 Å². The maximum Gasteiger partial charge on any atom is 0.239 e. The van der Waals surface area contributed by atoms with Crippen LogP contribution in [0, 0.1) is 17.2 Å². The molecule has 1 saturated carbocycles. The van der Waals surface area contributed by atoms with Crippen molar-refractivity contribution in [2.75, 3.05) is 6.54 Å². The average molecular weight is 166 g/mol. The molecule has 66 valence electrons. The molecule has 3 nitrogen and oxygen atoms in total. The zero-order chi connectivity index (χ0) is 9.14. The molecule has 1 unspecified atom stereocenters. The summed E-state index contributed by atoms with van der Waals surface area (Å²) in [6, 6.07) is 2.40. The van der Waals surface area contributed by atoms with E-state index in [1.165, 1.54) is 0 Å². The number of hydrogen-bond acceptors (Lipinski definition) is 2. The van der Waals surface area contributed by atoms with E-state index in [1.807, 2.05) is 17.9 Å². The molecule has 0 radical (unpaired) electrons. The minimum absolute atomic E-state index is 0.0116. The van der Waals surface area contributed by atoms with Gasteiger partial charge in [-0.15, -0.1) is 0 Å². The molecular weight excluding hydrogens is 152 g/mol. The highest BCUT2D eigenvalue weighted by Crippen LogP contribution is 2.27. The van der Waals surface area contributed by atoms with Gasteiger partial charge in [0.1, 0.15) is 5.92 Å². The lowest BCUT2D eigenvalue weighted by molar-refractivity contribution is -0.133. The van der Waals surface area contributed by atoms with Crippen molar-refractivity contribution in [2.45, 2.75) is 32.7 Å². The van der Waals surface area contributed by atoms with Crippen molar-refractivity contribution >= 4 is 5.91 Å². The van der Waals surface area contributed by atoms with Gasteiger partial charge in [0, 0.05) is 12.6 Å². The van der Waals surface area contributed by atoms with Gasteiger partial charge in [0.25, 0.3) is 0 Å². The van der Waals surface area contributed by atoms with E-state index in [4.69, 9.17) is 5.26 Å². The molecule has 0 aliphatic heterocycles. The van der Waals surface area contributed by atoms with Crippen molar-refractivity contribution in [1.29, 1.82) is 5.26 Å². The van der Waals surface area contributed by atoms with Gasteiger partial charge in [-0.2, -0.15) is 5.26 Å². The predicted molar refractivity (Wildman–Crippen MR) is 45.2 cm³/mol. The Morgan fingerprint density at radius 2 is 2.33 bits per heavy atom. The molecule has 1 atom stereocenters. The van der Waals surface area contributed by atoms with Crippen molar-refractivity contribution in [1.82, 2.24) is 4.90 Å². The number of rotatable bonds is 3. The van der Waals surface area contributed by atoms with Gasteiger partial charge in [-0.1, -0.05) is 0 Å². The Hall–Kier alpha value is -1.04. The SMILES string of the molecule is CCN(C(=O)C(C)C#N)C1CC1. The van der Waals surface area contributed by atoms with Crippen LogP contribution in [0.15, 0.2) is 0 Å². The molecule has 1 amide bonds. The molecule has 3 heteroatoms. The normalized spacial score (nSPS) is 18.1. The van der Waals surface area contributed by atoms with Crippen LogP contribution in [0.3, 0.4) is 0 Å². The monoisotopic (exact) mass is 166 g/mol. The van der Waals surface area contributed by atoms with Crippen LogP contribution in [0.25, 0.3) is 0 Å². The summed E-state index contributed by atoms with van der Waals surface area (Å²) in [4.78, 5) is 13.3. The summed E-state index contributed by atoms with van der Waals surface area (Å²) in [5, 5.41) is 8.55. The summed E-state index contributed by atoms with van der Waals surface area (Å²) in [7, 11) is 0. The van der Waals surface area contributed by atoms with Crippen molar-refractivity contribution in [3.63, 3.8) is 0 Å². The molecular formula is C9H14N2O. The second-order valence-corrected chi connectivity index (χ2v) is 3.21. The highest BCUT2D eigenvalue weighted by atomic mass is 16.2. The Labute approximate surface area is 73.0 Å². The third-order valence-corrected chi connectivity index (χ3v) is 2.18. The maximum absolute atomic E-state index is 11.5. The number of carbonyl (C=O) groups is 1. The molecule has 0 heterocycles. The third-order valence-electron chi connectivity index (χ3n) is 2.18. The predicted octanol–water partition coefficient (Wildman–Crippen LogP) is 1.16. The quantitative estimate of drug-likeness (QED) is 0.631. The van der Waals surface area contributed by atoms with Crippen LogP contribution in [0.2, 0.25) is 0 Å². The van der Waals surface area contributed by atoms with E-state index < -0.39 is 5.92 Å². The Balaban J connectivity index is 2.53. The van der Waals surface area contributed by atoms with Gasteiger partial charge in [0.05, 0.1) is 6.07 Å². The van der Waals surface area contributed by atoms with E-state index in [0.717, 1.165) is 19.4 Å². The molecule has 0 spiro atoms. The molecule has 1 aliphatic carbocycles. The second-order valence-electron chi connectivity index (χ2n) is 3.21. The number of hydrogen-bond donors (Lipinski definition) is 0. The largest absolute Gasteiger partial charge is 0.339 e. The molecule has 1 fully saturated rings.